The van der Waals surface area contributed by atoms with E-state index in [4.69, 9.17) is 0 Å². The lowest BCUT2D eigenvalue weighted by Crippen LogP contribution is -2.35. The number of halogens is 4. The van der Waals surface area contributed by atoms with Crippen molar-refractivity contribution in [3.8, 4) is 11.1 Å². The molecule has 2 heterocycles. The Morgan fingerprint density at radius 2 is 1.76 bits per heavy atom. The van der Waals surface area contributed by atoms with Gasteiger partial charge < -0.3 is 10.6 Å². The highest BCUT2D eigenvalue weighted by atomic mass is 19.2. The Kier molecular flexibility index (Phi) is 4.53. The molecule has 0 spiro atoms. The largest absolute Gasteiger partial charge is 0.324 e. The molecule has 3 aromatic rings. The molecule has 0 radical (unpaired) electrons. The number of benzene rings is 2. The van der Waals surface area contributed by atoms with E-state index in [0.29, 0.717) is 23.3 Å². The minimum Gasteiger partial charge on any atom is -0.324 e. The van der Waals surface area contributed by atoms with E-state index in [9.17, 15) is 27.2 Å². The Balaban J connectivity index is 1.66. The first kappa shape index (κ1) is 18.7. The third kappa shape index (κ3) is 3.44. The maximum Gasteiger partial charge on any atom is 0.249 e. The molecule has 1 atom stereocenters. The zero-order valence-corrected chi connectivity index (χ0v) is 14.5. The summed E-state index contributed by atoms with van der Waals surface area (Å²) in [7, 11) is 0. The predicted octanol–water partition coefficient (Wildman–Crippen LogP) is 3.63. The number of amides is 2. The molecule has 1 aliphatic rings. The van der Waals surface area contributed by atoms with Crippen molar-refractivity contribution in [2.75, 3.05) is 10.6 Å². The molecule has 0 unspecified atom stereocenters. The van der Waals surface area contributed by atoms with Crippen molar-refractivity contribution in [3.63, 3.8) is 0 Å². The molecule has 2 amide bonds. The second-order valence-corrected chi connectivity index (χ2v) is 6.37. The number of hydrogen-bond donors (Lipinski definition) is 2. The monoisotopic (exact) mass is 404 g/mol. The molecule has 148 valence electrons. The zero-order chi connectivity index (χ0) is 20.7. The average molecular weight is 404 g/mol. The van der Waals surface area contributed by atoms with Crippen molar-refractivity contribution in [2.24, 2.45) is 0 Å². The van der Waals surface area contributed by atoms with Crippen LogP contribution in [0.25, 0.3) is 11.1 Å². The van der Waals surface area contributed by atoms with Crippen LogP contribution in [-0.4, -0.2) is 21.6 Å². The normalized spacial score (nSPS) is 15.6. The van der Waals surface area contributed by atoms with Crippen LogP contribution in [0, 0.1) is 23.3 Å². The fourth-order valence-electron chi connectivity index (χ4n) is 3.07. The molecular weight excluding hydrogens is 392 g/mol. The van der Waals surface area contributed by atoms with Gasteiger partial charge in [-0.25, -0.2) is 22.2 Å². The second-order valence-electron chi connectivity index (χ2n) is 6.37. The van der Waals surface area contributed by atoms with Gasteiger partial charge in [0.25, 0.3) is 0 Å². The summed E-state index contributed by atoms with van der Waals surface area (Å²) in [4.78, 5) is 24.8. The Morgan fingerprint density at radius 3 is 2.41 bits per heavy atom. The molecule has 2 N–H and O–H groups in total. The molecule has 2 aromatic carbocycles. The van der Waals surface area contributed by atoms with Crippen LogP contribution in [0.3, 0.4) is 0 Å². The number of nitrogens with zero attached hydrogens (tertiary/aromatic N) is 2. The number of anilines is 2. The van der Waals surface area contributed by atoms with Crippen LogP contribution in [-0.2, 0) is 9.59 Å². The van der Waals surface area contributed by atoms with Gasteiger partial charge >= 0.3 is 0 Å². The van der Waals surface area contributed by atoms with Crippen LogP contribution in [0.5, 0.6) is 0 Å². The smallest absolute Gasteiger partial charge is 0.249 e. The lowest BCUT2D eigenvalue weighted by atomic mass is 10.1. The number of aromatic nitrogens is 2. The number of rotatable bonds is 3. The van der Waals surface area contributed by atoms with Gasteiger partial charge in [-0.05, 0) is 17.7 Å². The van der Waals surface area contributed by atoms with Gasteiger partial charge in [0, 0.05) is 23.4 Å². The highest BCUT2D eigenvalue weighted by Crippen LogP contribution is 2.34. The zero-order valence-electron chi connectivity index (χ0n) is 14.5. The first-order valence-corrected chi connectivity index (χ1v) is 8.42. The average Bonchev–Trinajstić information content (AvgIpc) is 3.09. The quantitative estimate of drug-likeness (QED) is 0.517. The molecule has 1 aromatic heterocycles. The summed E-state index contributed by atoms with van der Waals surface area (Å²) in [6.45, 7) is 0. The standard InChI is InChI=1S/C19H12F4N4O2/c20-10-3-1-9(2-4-10)12-8-24-27-15(7-16(28)26-18(12)27)19(29)25-11-5-13(21)17(23)14(22)6-11/h1-6,8,15H,7H2,(H,25,29)(H,26,28)/t15-/m0/s1. The summed E-state index contributed by atoms with van der Waals surface area (Å²) in [5.74, 6) is -6.02. The molecule has 0 saturated carbocycles. The van der Waals surface area contributed by atoms with Crippen LogP contribution in [0.2, 0.25) is 0 Å². The fraction of sp³-hybridized carbons (Fsp3) is 0.105. The first-order chi connectivity index (χ1) is 13.8. The lowest BCUT2D eigenvalue weighted by Gasteiger charge is -2.24. The van der Waals surface area contributed by atoms with E-state index in [1.807, 2.05) is 0 Å². The summed E-state index contributed by atoms with van der Waals surface area (Å²) in [5.41, 5.74) is 0.733. The topological polar surface area (TPSA) is 76.0 Å². The summed E-state index contributed by atoms with van der Waals surface area (Å²) in [5, 5.41) is 9.00. The lowest BCUT2D eigenvalue weighted by molar-refractivity contribution is -0.125. The molecule has 0 bridgehead atoms. The molecule has 6 nitrogen and oxygen atoms in total. The maximum atomic E-state index is 13.4. The minimum atomic E-state index is -1.65. The molecular formula is C19H12F4N4O2. The highest BCUT2D eigenvalue weighted by molar-refractivity contribution is 6.03. The van der Waals surface area contributed by atoms with Gasteiger partial charge in [-0.1, -0.05) is 12.1 Å². The Labute approximate surface area is 161 Å². The molecule has 0 saturated heterocycles. The van der Waals surface area contributed by atoms with Gasteiger partial charge in [0.2, 0.25) is 11.8 Å². The van der Waals surface area contributed by atoms with Crippen LogP contribution in [0.1, 0.15) is 12.5 Å². The van der Waals surface area contributed by atoms with E-state index in [1.165, 1.54) is 35.1 Å². The number of fused-ring (bicyclic) bond motifs is 1. The number of nitrogens with one attached hydrogen (secondary N) is 2. The maximum absolute atomic E-state index is 13.4. The number of carbonyl (C=O) groups is 2. The van der Waals surface area contributed by atoms with Crippen LogP contribution in [0.4, 0.5) is 29.1 Å². The molecule has 29 heavy (non-hydrogen) atoms. The predicted molar refractivity (Wildman–Crippen MR) is 94.9 cm³/mol. The van der Waals surface area contributed by atoms with Gasteiger partial charge in [-0.2, -0.15) is 5.10 Å². The van der Waals surface area contributed by atoms with Crippen molar-refractivity contribution in [3.05, 3.63) is 65.9 Å². The van der Waals surface area contributed by atoms with Gasteiger partial charge in [-0.15, -0.1) is 0 Å². The van der Waals surface area contributed by atoms with Gasteiger partial charge in [0.15, 0.2) is 17.5 Å². The van der Waals surface area contributed by atoms with Crippen molar-refractivity contribution < 1.29 is 27.2 Å². The molecule has 1 aliphatic heterocycles. The number of hydrogen-bond acceptors (Lipinski definition) is 3. The van der Waals surface area contributed by atoms with Crippen LogP contribution < -0.4 is 10.6 Å². The Bertz CT molecular complexity index is 1100. The highest BCUT2D eigenvalue weighted by Gasteiger charge is 2.33. The van der Waals surface area contributed by atoms with E-state index in [1.54, 1.807) is 0 Å². The van der Waals surface area contributed by atoms with E-state index < -0.39 is 41.1 Å². The number of carbonyl (C=O) groups excluding carboxylic acids is 2. The van der Waals surface area contributed by atoms with E-state index in [0.717, 1.165) is 0 Å². The van der Waals surface area contributed by atoms with Crippen molar-refractivity contribution in [2.45, 2.75) is 12.5 Å². The van der Waals surface area contributed by atoms with E-state index >= 15 is 0 Å². The van der Waals surface area contributed by atoms with Crippen LogP contribution in [0.15, 0.2) is 42.6 Å². The van der Waals surface area contributed by atoms with Gasteiger partial charge in [0.05, 0.1) is 12.6 Å². The SMILES string of the molecule is O=C1C[C@@H](C(=O)Nc2cc(F)c(F)c(F)c2)n2ncc(-c3ccc(F)cc3)c2N1. The van der Waals surface area contributed by atoms with Crippen molar-refractivity contribution in [1.29, 1.82) is 0 Å². The summed E-state index contributed by atoms with van der Waals surface area (Å²) in [6, 6.07) is 5.63. The Morgan fingerprint density at radius 1 is 1.10 bits per heavy atom. The second kappa shape index (κ2) is 7.04. The first-order valence-electron chi connectivity index (χ1n) is 8.42. The van der Waals surface area contributed by atoms with E-state index in [2.05, 4.69) is 15.7 Å². The molecule has 10 heteroatoms. The summed E-state index contributed by atoms with van der Waals surface area (Å²) < 4.78 is 54.3. The molecule has 0 aliphatic carbocycles. The van der Waals surface area contributed by atoms with E-state index in [-0.39, 0.29) is 17.9 Å². The van der Waals surface area contributed by atoms with Crippen LogP contribution >= 0.6 is 0 Å². The van der Waals surface area contributed by atoms with Crippen molar-refractivity contribution in [1.82, 2.24) is 9.78 Å². The summed E-state index contributed by atoms with van der Waals surface area (Å²) in [6.07, 6.45) is 1.14. The minimum absolute atomic E-state index is 0.226. The third-order valence-electron chi connectivity index (χ3n) is 4.44. The summed E-state index contributed by atoms with van der Waals surface area (Å²) >= 11 is 0. The van der Waals surface area contributed by atoms with Gasteiger partial charge in [-0.3, -0.25) is 9.59 Å². The van der Waals surface area contributed by atoms with Gasteiger partial charge in [0.1, 0.15) is 17.7 Å². The molecule has 4 rings (SSSR count). The molecule has 0 fully saturated rings. The third-order valence-corrected chi connectivity index (χ3v) is 4.44. The fourth-order valence-corrected chi connectivity index (χ4v) is 3.07. The Hall–Kier alpha value is -3.69. The van der Waals surface area contributed by atoms with Crippen molar-refractivity contribution >= 4 is 23.3 Å².